The van der Waals surface area contributed by atoms with Gasteiger partial charge in [-0.1, -0.05) is 0 Å². The number of hydrogen-bond donors (Lipinski definition) is 1. The van der Waals surface area contributed by atoms with Crippen LogP contribution in [0.3, 0.4) is 0 Å². The van der Waals surface area contributed by atoms with Crippen molar-refractivity contribution in [2.75, 3.05) is 40.9 Å². The minimum Gasteiger partial charge on any atom is -0.383 e. The molecular formula is C13H25N3O3. The third-order valence-electron chi connectivity index (χ3n) is 3.60. The van der Waals surface area contributed by atoms with Crippen molar-refractivity contribution in [3.05, 3.63) is 0 Å². The summed E-state index contributed by atoms with van der Waals surface area (Å²) >= 11 is 0. The summed E-state index contributed by atoms with van der Waals surface area (Å²) in [6, 6.07) is 0. The molecule has 0 aromatic carbocycles. The molecule has 0 radical (unpaired) electrons. The number of carbonyl (C=O) groups excluding carboxylic acids is 2. The van der Waals surface area contributed by atoms with Crippen molar-refractivity contribution in [3.63, 3.8) is 0 Å². The first-order valence-corrected chi connectivity index (χ1v) is 6.64. The molecule has 0 spiro atoms. The summed E-state index contributed by atoms with van der Waals surface area (Å²) in [5.74, 6) is -0.154. The van der Waals surface area contributed by atoms with Gasteiger partial charge in [-0.15, -0.1) is 0 Å². The maximum atomic E-state index is 12.2. The number of amides is 2. The summed E-state index contributed by atoms with van der Waals surface area (Å²) in [5, 5.41) is 0. The lowest BCUT2D eigenvalue weighted by molar-refractivity contribution is -0.141. The number of rotatable bonds is 7. The van der Waals surface area contributed by atoms with Gasteiger partial charge in [-0.05, 0) is 19.3 Å². The molecule has 19 heavy (non-hydrogen) atoms. The van der Waals surface area contributed by atoms with E-state index in [4.69, 9.17) is 10.5 Å². The quantitative estimate of drug-likeness (QED) is 0.697. The molecule has 0 aromatic heterocycles. The Morgan fingerprint density at radius 1 is 1.26 bits per heavy atom. The van der Waals surface area contributed by atoms with Gasteiger partial charge in [-0.2, -0.15) is 0 Å². The molecule has 0 aromatic rings. The summed E-state index contributed by atoms with van der Waals surface area (Å²) < 4.78 is 4.98. The SMILES string of the molecule is COCCN(CC(=O)N(C)C)C(=O)CC1(N)CCC1. The van der Waals surface area contributed by atoms with Crippen LogP contribution in [0.15, 0.2) is 0 Å². The van der Waals surface area contributed by atoms with E-state index in [1.807, 2.05) is 0 Å². The van der Waals surface area contributed by atoms with E-state index in [1.165, 1.54) is 4.90 Å². The standard InChI is InChI=1S/C13H25N3O3/c1-15(2)12(18)10-16(7-8-19-3)11(17)9-13(14)5-4-6-13/h4-10,14H2,1-3H3. The Labute approximate surface area is 114 Å². The zero-order chi connectivity index (χ0) is 14.5. The van der Waals surface area contributed by atoms with Crippen LogP contribution in [0.4, 0.5) is 0 Å². The smallest absolute Gasteiger partial charge is 0.241 e. The van der Waals surface area contributed by atoms with Crippen molar-refractivity contribution < 1.29 is 14.3 Å². The summed E-state index contributed by atoms with van der Waals surface area (Å²) in [6.45, 7) is 0.931. The summed E-state index contributed by atoms with van der Waals surface area (Å²) in [6.07, 6.45) is 3.17. The number of likely N-dealkylation sites (N-methyl/N-ethyl adjacent to an activating group) is 1. The van der Waals surface area contributed by atoms with Gasteiger partial charge < -0.3 is 20.3 Å². The van der Waals surface area contributed by atoms with Gasteiger partial charge in [0, 0.05) is 39.7 Å². The van der Waals surface area contributed by atoms with Crippen LogP contribution < -0.4 is 5.73 Å². The predicted molar refractivity (Wildman–Crippen MR) is 72.5 cm³/mol. The Balaban J connectivity index is 2.56. The first-order valence-electron chi connectivity index (χ1n) is 6.64. The fourth-order valence-electron chi connectivity index (χ4n) is 2.02. The highest BCUT2D eigenvalue weighted by Gasteiger charge is 2.36. The molecule has 110 valence electrons. The molecule has 0 unspecified atom stereocenters. The number of hydrogen-bond acceptors (Lipinski definition) is 4. The van der Waals surface area contributed by atoms with Crippen molar-refractivity contribution in [1.82, 2.24) is 9.80 Å². The van der Waals surface area contributed by atoms with Gasteiger partial charge in [0.1, 0.15) is 0 Å². The Hall–Kier alpha value is -1.14. The number of ether oxygens (including phenoxy) is 1. The average Bonchev–Trinajstić information content (AvgIpc) is 2.31. The molecule has 1 aliphatic carbocycles. The van der Waals surface area contributed by atoms with Crippen molar-refractivity contribution in [2.24, 2.45) is 5.73 Å². The van der Waals surface area contributed by atoms with E-state index >= 15 is 0 Å². The molecule has 1 rings (SSSR count). The van der Waals surface area contributed by atoms with E-state index in [9.17, 15) is 9.59 Å². The fourth-order valence-corrected chi connectivity index (χ4v) is 2.02. The first-order chi connectivity index (χ1) is 8.88. The van der Waals surface area contributed by atoms with E-state index in [-0.39, 0.29) is 23.9 Å². The highest BCUT2D eigenvalue weighted by Crippen LogP contribution is 2.32. The Kier molecular flexibility index (Phi) is 5.75. The largest absolute Gasteiger partial charge is 0.383 e. The van der Waals surface area contributed by atoms with Gasteiger partial charge in [-0.3, -0.25) is 9.59 Å². The summed E-state index contributed by atoms with van der Waals surface area (Å²) in [4.78, 5) is 27.0. The molecule has 0 bridgehead atoms. The summed E-state index contributed by atoms with van der Waals surface area (Å²) in [5.41, 5.74) is 5.73. The molecule has 1 saturated carbocycles. The van der Waals surface area contributed by atoms with Crippen LogP contribution >= 0.6 is 0 Å². The lowest BCUT2D eigenvalue weighted by atomic mass is 9.75. The molecule has 0 saturated heterocycles. The maximum absolute atomic E-state index is 12.2. The van der Waals surface area contributed by atoms with Crippen LogP contribution in [-0.2, 0) is 14.3 Å². The molecule has 6 heteroatoms. The predicted octanol–water partition coefficient (Wildman–Crippen LogP) is -0.179. The van der Waals surface area contributed by atoms with E-state index in [0.29, 0.717) is 19.6 Å². The lowest BCUT2D eigenvalue weighted by Crippen LogP contribution is -2.52. The topological polar surface area (TPSA) is 75.9 Å². The Morgan fingerprint density at radius 3 is 2.32 bits per heavy atom. The van der Waals surface area contributed by atoms with Crippen LogP contribution in [-0.4, -0.2) is 68.1 Å². The van der Waals surface area contributed by atoms with E-state index in [2.05, 4.69) is 0 Å². The molecule has 0 atom stereocenters. The molecular weight excluding hydrogens is 246 g/mol. The third-order valence-corrected chi connectivity index (χ3v) is 3.60. The first kappa shape index (κ1) is 15.9. The number of methoxy groups -OCH3 is 1. The van der Waals surface area contributed by atoms with E-state index in [0.717, 1.165) is 19.3 Å². The van der Waals surface area contributed by atoms with Crippen LogP contribution in [0.1, 0.15) is 25.7 Å². The fraction of sp³-hybridized carbons (Fsp3) is 0.846. The number of nitrogens with zero attached hydrogens (tertiary/aromatic N) is 2. The minimum atomic E-state index is -0.358. The molecule has 2 N–H and O–H groups in total. The second kappa shape index (κ2) is 6.86. The lowest BCUT2D eigenvalue weighted by Gasteiger charge is -2.39. The van der Waals surface area contributed by atoms with Gasteiger partial charge in [0.05, 0.1) is 13.2 Å². The van der Waals surface area contributed by atoms with Gasteiger partial charge in [0.2, 0.25) is 11.8 Å². The second-order valence-corrected chi connectivity index (χ2v) is 5.49. The van der Waals surface area contributed by atoms with Crippen molar-refractivity contribution >= 4 is 11.8 Å². The molecule has 1 aliphatic rings. The monoisotopic (exact) mass is 271 g/mol. The third kappa shape index (κ3) is 4.80. The molecule has 0 heterocycles. The Morgan fingerprint density at radius 2 is 1.89 bits per heavy atom. The van der Waals surface area contributed by atoms with Crippen molar-refractivity contribution in [3.8, 4) is 0 Å². The second-order valence-electron chi connectivity index (χ2n) is 5.49. The van der Waals surface area contributed by atoms with Crippen LogP contribution in [0.2, 0.25) is 0 Å². The van der Waals surface area contributed by atoms with E-state index in [1.54, 1.807) is 26.1 Å². The number of carbonyl (C=O) groups is 2. The van der Waals surface area contributed by atoms with Crippen LogP contribution in [0, 0.1) is 0 Å². The number of nitrogens with two attached hydrogens (primary N) is 1. The molecule has 2 amide bonds. The van der Waals surface area contributed by atoms with Crippen LogP contribution in [0.25, 0.3) is 0 Å². The molecule has 0 aliphatic heterocycles. The maximum Gasteiger partial charge on any atom is 0.241 e. The van der Waals surface area contributed by atoms with Gasteiger partial charge >= 0.3 is 0 Å². The summed E-state index contributed by atoms with van der Waals surface area (Å²) in [7, 11) is 4.93. The Bertz CT molecular complexity index is 327. The normalized spacial score (nSPS) is 16.6. The highest BCUT2D eigenvalue weighted by molar-refractivity contribution is 5.85. The van der Waals surface area contributed by atoms with E-state index < -0.39 is 0 Å². The van der Waals surface area contributed by atoms with Gasteiger partial charge in [-0.25, -0.2) is 0 Å². The zero-order valence-electron chi connectivity index (χ0n) is 12.1. The van der Waals surface area contributed by atoms with Crippen molar-refractivity contribution in [2.45, 2.75) is 31.2 Å². The average molecular weight is 271 g/mol. The van der Waals surface area contributed by atoms with Crippen molar-refractivity contribution in [1.29, 1.82) is 0 Å². The van der Waals surface area contributed by atoms with Crippen LogP contribution in [0.5, 0.6) is 0 Å². The highest BCUT2D eigenvalue weighted by atomic mass is 16.5. The zero-order valence-corrected chi connectivity index (χ0v) is 12.1. The molecule has 1 fully saturated rings. The van der Waals surface area contributed by atoms with Gasteiger partial charge in [0.15, 0.2) is 0 Å². The van der Waals surface area contributed by atoms with Gasteiger partial charge in [0.25, 0.3) is 0 Å². The molecule has 6 nitrogen and oxygen atoms in total. The minimum absolute atomic E-state index is 0.0607.